The topological polar surface area (TPSA) is 49.8 Å². The number of aldehydes is 1. The summed E-state index contributed by atoms with van der Waals surface area (Å²) in [5.74, 6) is 0. The Kier molecular flexibility index (Phi) is 4.25. The van der Waals surface area contributed by atoms with Crippen molar-refractivity contribution in [2.45, 2.75) is 18.7 Å². The zero-order valence-electron chi connectivity index (χ0n) is 9.66. The zero-order chi connectivity index (χ0) is 12.1. The van der Waals surface area contributed by atoms with Crippen molar-refractivity contribution in [2.75, 3.05) is 19.8 Å². The number of hydrogen-bond acceptors (Lipinski definition) is 4. The zero-order valence-corrected chi connectivity index (χ0v) is 9.66. The van der Waals surface area contributed by atoms with E-state index in [-0.39, 0.29) is 12.6 Å². The summed E-state index contributed by atoms with van der Waals surface area (Å²) in [4.78, 5) is 13.1. The standard InChI is InChI=1S/C13H17NO3/c15-9-12-13(10-16)17-7-6-14(12)8-11-4-2-1-3-5-11/h1-5,9,12-13,16H,6-8,10H2. The maximum Gasteiger partial charge on any atom is 0.139 e. The molecular weight excluding hydrogens is 218 g/mol. The summed E-state index contributed by atoms with van der Waals surface area (Å²) >= 11 is 0. The molecule has 17 heavy (non-hydrogen) atoms. The van der Waals surface area contributed by atoms with Gasteiger partial charge in [0.05, 0.1) is 19.3 Å². The Morgan fingerprint density at radius 2 is 2.18 bits per heavy atom. The van der Waals surface area contributed by atoms with Crippen LogP contribution in [0.4, 0.5) is 0 Å². The molecule has 4 nitrogen and oxygen atoms in total. The van der Waals surface area contributed by atoms with Gasteiger partial charge in [0.15, 0.2) is 0 Å². The van der Waals surface area contributed by atoms with Crippen molar-refractivity contribution in [2.24, 2.45) is 0 Å². The van der Waals surface area contributed by atoms with Crippen LogP contribution in [-0.4, -0.2) is 48.2 Å². The number of ether oxygens (including phenoxy) is 1. The third-order valence-corrected chi connectivity index (χ3v) is 3.06. The molecule has 1 aromatic rings. The number of aliphatic hydroxyl groups is 1. The molecule has 1 aliphatic rings. The molecule has 92 valence electrons. The van der Waals surface area contributed by atoms with Crippen LogP contribution in [0.5, 0.6) is 0 Å². The largest absolute Gasteiger partial charge is 0.394 e. The normalized spacial score (nSPS) is 25.7. The molecule has 0 spiro atoms. The average Bonchev–Trinajstić information content (AvgIpc) is 2.39. The van der Waals surface area contributed by atoms with Crippen LogP contribution in [0.1, 0.15) is 5.56 Å². The molecule has 0 amide bonds. The molecule has 1 heterocycles. The van der Waals surface area contributed by atoms with Gasteiger partial charge < -0.3 is 14.6 Å². The Morgan fingerprint density at radius 3 is 2.82 bits per heavy atom. The molecule has 1 aromatic carbocycles. The Labute approximate surface area is 101 Å². The Morgan fingerprint density at radius 1 is 1.41 bits per heavy atom. The highest BCUT2D eigenvalue weighted by molar-refractivity contribution is 5.59. The van der Waals surface area contributed by atoms with Crippen molar-refractivity contribution < 1.29 is 14.6 Å². The predicted octanol–water partition coefficient (Wildman–Crippen LogP) is 0.447. The summed E-state index contributed by atoms with van der Waals surface area (Å²) in [7, 11) is 0. The third kappa shape index (κ3) is 2.91. The van der Waals surface area contributed by atoms with Crippen molar-refractivity contribution in [1.82, 2.24) is 4.90 Å². The lowest BCUT2D eigenvalue weighted by molar-refractivity contribution is -0.131. The maximum atomic E-state index is 11.1. The molecular formula is C13H17NO3. The minimum absolute atomic E-state index is 0.116. The second-order valence-electron chi connectivity index (χ2n) is 4.17. The van der Waals surface area contributed by atoms with Crippen LogP contribution in [0, 0.1) is 0 Å². The Hall–Kier alpha value is -1.23. The van der Waals surface area contributed by atoms with E-state index in [1.807, 2.05) is 35.2 Å². The fraction of sp³-hybridized carbons (Fsp3) is 0.462. The highest BCUT2D eigenvalue weighted by Gasteiger charge is 2.31. The number of nitrogens with zero attached hydrogens (tertiary/aromatic N) is 1. The quantitative estimate of drug-likeness (QED) is 0.770. The van der Waals surface area contributed by atoms with Gasteiger partial charge in [-0.25, -0.2) is 0 Å². The van der Waals surface area contributed by atoms with Gasteiger partial charge in [0.25, 0.3) is 0 Å². The Bertz CT molecular complexity index is 355. The van der Waals surface area contributed by atoms with Crippen LogP contribution in [0.3, 0.4) is 0 Å². The lowest BCUT2D eigenvalue weighted by Crippen LogP contribution is -2.53. The molecule has 1 N–H and O–H groups in total. The van der Waals surface area contributed by atoms with E-state index in [0.29, 0.717) is 13.2 Å². The van der Waals surface area contributed by atoms with E-state index in [1.54, 1.807) is 0 Å². The van der Waals surface area contributed by atoms with Crippen molar-refractivity contribution in [3.63, 3.8) is 0 Å². The molecule has 1 fully saturated rings. The van der Waals surface area contributed by atoms with Gasteiger partial charge in [0, 0.05) is 13.1 Å². The van der Waals surface area contributed by atoms with Gasteiger partial charge in [-0.1, -0.05) is 30.3 Å². The molecule has 1 saturated heterocycles. The molecule has 0 bridgehead atoms. The smallest absolute Gasteiger partial charge is 0.139 e. The second-order valence-corrected chi connectivity index (χ2v) is 4.17. The number of hydrogen-bond donors (Lipinski definition) is 1. The fourth-order valence-corrected chi connectivity index (χ4v) is 2.14. The number of carbonyl (C=O) groups is 1. The van der Waals surface area contributed by atoms with Crippen LogP contribution in [0.2, 0.25) is 0 Å². The van der Waals surface area contributed by atoms with E-state index in [4.69, 9.17) is 9.84 Å². The van der Waals surface area contributed by atoms with E-state index in [0.717, 1.165) is 18.4 Å². The van der Waals surface area contributed by atoms with Gasteiger partial charge in [0.2, 0.25) is 0 Å². The van der Waals surface area contributed by atoms with E-state index in [9.17, 15) is 4.79 Å². The molecule has 2 atom stereocenters. The van der Waals surface area contributed by atoms with E-state index < -0.39 is 6.10 Å². The van der Waals surface area contributed by atoms with Gasteiger partial charge in [0.1, 0.15) is 12.4 Å². The van der Waals surface area contributed by atoms with Crippen LogP contribution in [-0.2, 0) is 16.1 Å². The molecule has 0 saturated carbocycles. The van der Waals surface area contributed by atoms with Crippen LogP contribution < -0.4 is 0 Å². The van der Waals surface area contributed by atoms with E-state index in [2.05, 4.69) is 0 Å². The number of morpholine rings is 1. The lowest BCUT2D eigenvalue weighted by Gasteiger charge is -2.37. The van der Waals surface area contributed by atoms with E-state index in [1.165, 1.54) is 0 Å². The molecule has 2 rings (SSSR count). The number of benzene rings is 1. The lowest BCUT2D eigenvalue weighted by atomic mass is 10.1. The van der Waals surface area contributed by atoms with Crippen LogP contribution in [0.15, 0.2) is 30.3 Å². The monoisotopic (exact) mass is 235 g/mol. The summed E-state index contributed by atoms with van der Waals surface area (Å²) in [5, 5.41) is 9.17. The molecule has 1 aliphatic heterocycles. The number of rotatable bonds is 4. The second kappa shape index (κ2) is 5.91. The first-order valence-corrected chi connectivity index (χ1v) is 5.81. The van der Waals surface area contributed by atoms with Crippen molar-refractivity contribution in [3.8, 4) is 0 Å². The Balaban J connectivity index is 2.06. The summed E-state index contributed by atoms with van der Waals surface area (Å²) in [5.41, 5.74) is 1.16. The average molecular weight is 235 g/mol. The van der Waals surface area contributed by atoms with Crippen LogP contribution >= 0.6 is 0 Å². The first kappa shape index (κ1) is 12.2. The van der Waals surface area contributed by atoms with Gasteiger partial charge in [-0.05, 0) is 5.56 Å². The summed E-state index contributed by atoms with van der Waals surface area (Å²) in [6, 6.07) is 9.64. The van der Waals surface area contributed by atoms with Crippen molar-refractivity contribution in [1.29, 1.82) is 0 Å². The molecule has 0 aliphatic carbocycles. The van der Waals surface area contributed by atoms with E-state index >= 15 is 0 Å². The number of carbonyl (C=O) groups excluding carboxylic acids is 1. The first-order valence-electron chi connectivity index (χ1n) is 5.81. The maximum absolute atomic E-state index is 11.1. The minimum Gasteiger partial charge on any atom is -0.394 e. The van der Waals surface area contributed by atoms with Crippen molar-refractivity contribution in [3.05, 3.63) is 35.9 Å². The van der Waals surface area contributed by atoms with Gasteiger partial charge >= 0.3 is 0 Å². The predicted molar refractivity (Wildman–Crippen MR) is 63.5 cm³/mol. The van der Waals surface area contributed by atoms with Crippen LogP contribution in [0.25, 0.3) is 0 Å². The highest BCUT2D eigenvalue weighted by Crippen LogP contribution is 2.15. The molecule has 0 aromatic heterocycles. The van der Waals surface area contributed by atoms with Gasteiger partial charge in [-0.3, -0.25) is 4.90 Å². The summed E-state index contributed by atoms with van der Waals surface area (Å²) < 4.78 is 5.38. The minimum atomic E-state index is -0.398. The number of aliphatic hydroxyl groups excluding tert-OH is 1. The third-order valence-electron chi connectivity index (χ3n) is 3.06. The fourth-order valence-electron chi connectivity index (χ4n) is 2.14. The molecule has 0 radical (unpaired) electrons. The summed E-state index contributed by atoms with van der Waals surface area (Å²) in [6.07, 6.45) is 0.466. The van der Waals surface area contributed by atoms with Crippen molar-refractivity contribution >= 4 is 6.29 Å². The summed E-state index contributed by atoms with van der Waals surface area (Å²) in [6.45, 7) is 1.87. The van der Waals surface area contributed by atoms with Gasteiger partial charge in [-0.2, -0.15) is 0 Å². The highest BCUT2D eigenvalue weighted by atomic mass is 16.5. The van der Waals surface area contributed by atoms with Gasteiger partial charge in [-0.15, -0.1) is 0 Å². The molecule has 4 heteroatoms. The first-order chi connectivity index (χ1) is 8.35. The molecule has 2 unspecified atom stereocenters. The SMILES string of the molecule is O=CC1C(CO)OCCN1Cc1ccccc1.